The zero-order chi connectivity index (χ0) is 12.0. The molecule has 0 aliphatic carbocycles. The van der Waals surface area contributed by atoms with Crippen molar-refractivity contribution in [2.24, 2.45) is 0 Å². The lowest BCUT2D eigenvalue weighted by atomic mass is 10.4. The summed E-state index contributed by atoms with van der Waals surface area (Å²) in [5.74, 6) is -0.290. The summed E-state index contributed by atoms with van der Waals surface area (Å²) < 4.78 is 6.50. The van der Waals surface area contributed by atoms with E-state index >= 15 is 0 Å². The molecular weight excluding hydrogens is 208 g/mol. The lowest BCUT2D eigenvalue weighted by molar-refractivity contribution is -0.144. The first kappa shape index (κ1) is 12.5. The number of carbonyl (C=O) groups is 1. The monoisotopic (exact) mass is 226 g/mol. The fraction of sp³-hybridized carbons (Fsp3) is 0.600. The number of nitrogens with two attached hydrogens (primary N) is 1. The first-order valence-corrected chi connectivity index (χ1v) is 5.16. The second-order valence-electron chi connectivity index (χ2n) is 3.85. The van der Waals surface area contributed by atoms with E-state index in [2.05, 4.69) is 5.10 Å². The van der Waals surface area contributed by atoms with Crippen molar-refractivity contribution >= 4 is 11.7 Å². The summed E-state index contributed by atoms with van der Waals surface area (Å²) in [6, 6.07) is 0. The maximum Gasteiger partial charge on any atom is 0.327 e. The summed E-state index contributed by atoms with van der Waals surface area (Å²) in [6.07, 6.45) is 3.93. The molecule has 1 aromatic heterocycles. The minimum atomic E-state index is -0.290. The van der Waals surface area contributed by atoms with Gasteiger partial charge in [-0.05, 0) is 20.5 Å². The largest absolute Gasteiger partial charge is 0.464 e. The van der Waals surface area contributed by atoms with E-state index < -0.39 is 0 Å². The SMILES string of the molecule is CN(C)CCCOC(=O)Cn1cc(N)cn1. The van der Waals surface area contributed by atoms with E-state index in [1.54, 1.807) is 6.20 Å². The van der Waals surface area contributed by atoms with E-state index in [0.29, 0.717) is 12.3 Å². The van der Waals surface area contributed by atoms with Crippen molar-refractivity contribution in [1.82, 2.24) is 14.7 Å². The lowest BCUT2D eigenvalue weighted by Crippen LogP contribution is -2.18. The molecule has 0 radical (unpaired) electrons. The first-order valence-electron chi connectivity index (χ1n) is 5.16. The van der Waals surface area contributed by atoms with Crippen LogP contribution in [0.15, 0.2) is 12.4 Å². The van der Waals surface area contributed by atoms with Crippen LogP contribution in [0.1, 0.15) is 6.42 Å². The summed E-state index contributed by atoms with van der Waals surface area (Å²) in [5.41, 5.74) is 6.01. The van der Waals surface area contributed by atoms with Gasteiger partial charge >= 0.3 is 5.97 Å². The van der Waals surface area contributed by atoms with Gasteiger partial charge in [0.15, 0.2) is 0 Å². The van der Waals surface area contributed by atoms with Crippen LogP contribution < -0.4 is 5.73 Å². The molecule has 0 aromatic carbocycles. The van der Waals surface area contributed by atoms with Crippen LogP contribution in [0, 0.1) is 0 Å². The zero-order valence-corrected chi connectivity index (χ0v) is 9.72. The lowest BCUT2D eigenvalue weighted by Gasteiger charge is -2.09. The van der Waals surface area contributed by atoms with E-state index in [1.165, 1.54) is 10.9 Å². The van der Waals surface area contributed by atoms with E-state index in [4.69, 9.17) is 10.5 Å². The predicted octanol–water partition coefficient (Wildman–Crippen LogP) is -0.0398. The van der Waals surface area contributed by atoms with Crippen molar-refractivity contribution in [1.29, 1.82) is 0 Å². The Kier molecular flexibility index (Phi) is 4.78. The number of nitrogen functional groups attached to an aromatic ring is 1. The van der Waals surface area contributed by atoms with Crippen LogP contribution in [0.2, 0.25) is 0 Å². The van der Waals surface area contributed by atoms with Gasteiger partial charge in [0.2, 0.25) is 0 Å². The number of rotatable bonds is 6. The molecule has 0 aliphatic rings. The smallest absolute Gasteiger partial charge is 0.327 e. The van der Waals surface area contributed by atoms with Crippen LogP contribution in [0.4, 0.5) is 5.69 Å². The van der Waals surface area contributed by atoms with E-state index in [0.717, 1.165) is 13.0 Å². The molecule has 0 atom stereocenters. The van der Waals surface area contributed by atoms with E-state index in [-0.39, 0.29) is 12.5 Å². The van der Waals surface area contributed by atoms with E-state index in [1.807, 2.05) is 19.0 Å². The van der Waals surface area contributed by atoms with Gasteiger partial charge in [0.05, 0.1) is 18.5 Å². The maximum absolute atomic E-state index is 11.3. The number of ether oxygens (including phenoxy) is 1. The second-order valence-corrected chi connectivity index (χ2v) is 3.85. The Morgan fingerprint density at radius 2 is 2.38 bits per heavy atom. The Hall–Kier alpha value is -1.56. The number of hydrogen-bond acceptors (Lipinski definition) is 5. The molecule has 1 heterocycles. The topological polar surface area (TPSA) is 73.4 Å². The summed E-state index contributed by atoms with van der Waals surface area (Å²) in [7, 11) is 3.96. The molecule has 1 rings (SSSR count). The quantitative estimate of drug-likeness (QED) is 0.544. The molecule has 0 saturated carbocycles. The summed E-state index contributed by atoms with van der Waals surface area (Å²) in [6.45, 7) is 1.45. The highest BCUT2D eigenvalue weighted by Gasteiger charge is 2.04. The van der Waals surface area contributed by atoms with Crippen LogP contribution >= 0.6 is 0 Å². The van der Waals surface area contributed by atoms with Crippen molar-refractivity contribution < 1.29 is 9.53 Å². The van der Waals surface area contributed by atoms with Crippen LogP contribution in [-0.2, 0) is 16.1 Å². The van der Waals surface area contributed by atoms with Crippen LogP contribution in [0.5, 0.6) is 0 Å². The molecule has 0 amide bonds. The number of hydrogen-bond donors (Lipinski definition) is 1. The molecule has 16 heavy (non-hydrogen) atoms. The second kappa shape index (κ2) is 6.12. The van der Waals surface area contributed by atoms with E-state index in [9.17, 15) is 4.79 Å². The highest BCUT2D eigenvalue weighted by atomic mass is 16.5. The average Bonchev–Trinajstić information content (AvgIpc) is 2.58. The normalized spacial score (nSPS) is 10.7. The molecular formula is C10H18N4O2. The fourth-order valence-electron chi connectivity index (χ4n) is 1.21. The molecule has 0 saturated heterocycles. The number of aromatic nitrogens is 2. The van der Waals surface area contributed by atoms with Crippen molar-refractivity contribution in [3.05, 3.63) is 12.4 Å². The van der Waals surface area contributed by atoms with Gasteiger partial charge in [-0.3, -0.25) is 9.48 Å². The van der Waals surface area contributed by atoms with Gasteiger partial charge in [-0.1, -0.05) is 0 Å². The number of anilines is 1. The zero-order valence-electron chi connectivity index (χ0n) is 9.72. The molecule has 0 unspecified atom stereocenters. The number of nitrogens with zero attached hydrogens (tertiary/aromatic N) is 3. The van der Waals surface area contributed by atoms with Gasteiger partial charge in [0.25, 0.3) is 0 Å². The molecule has 90 valence electrons. The van der Waals surface area contributed by atoms with Crippen molar-refractivity contribution in [2.75, 3.05) is 33.0 Å². The minimum absolute atomic E-state index is 0.110. The molecule has 0 bridgehead atoms. The van der Waals surface area contributed by atoms with Crippen molar-refractivity contribution in [3.8, 4) is 0 Å². The van der Waals surface area contributed by atoms with Gasteiger partial charge < -0.3 is 15.4 Å². The Labute approximate surface area is 95.0 Å². The number of carbonyl (C=O) groups excluding carboxylic acids is 1. The first-order chi connectivity index (χ1) is 7.58. The summed E-state index contributed by atoms with van der Waals surface area (Å²) in [5, 5.41) is 3.89. The third-order valence-electron chi connectivity index (χ3n) is 1.96. The van der Waals surface area contributed by atoms with Crippen LogP contribution in [0.25, 0.3) is 0 Å². The van der Waals surface area contributed by atoms with Gasteiger partial charge in [-0.25, -0.2) is 0 Å². The average molecular weight is 226 g/mol. The van der Waals surface area contributed by atoms with Crippen molar-refractivity contribution in [3.63, 3.8) is 0 Å². The van der Waals surface area contributed by atoms with Gasteiger partial charge in [0.1, 0.15) is 6.54 Å². The Morgan fingerprint density at radius 1 is 1.62 bits per heavy atom. The molecule has 0 fully saturated rings. The van der Waals surface area contributed by atoms with Gasteiger partial charge in [-0.15, -0.1) is 0 Å². The van der Waals surface area contributed by atoms with Gasteiger partial charge in [0, 0.05) is 12.7 Å². The van der Waals surface area contributed by atoms with Crippen LogP contribution in [0.3, 0.4) is 0 Å². The van der Waals surface area contributed by atoms with Crippen LogP contribution in [-0.4, -0.2) is 47.9 Å². The molecule has 0 spiro atoms. The van der Waals surface area contributed by atoms with Gasteiger partial charge in [-0.2, -0.15) is 5.10 Å². The standard InChI is InChI=1S/C10H18N4O2/c1-13(2)4-3-5-16-10(15)8-14-7-9(11)6-12-14/h6-7H,3-5,8,11H2,1-2H3. The molecule has 6 nitrogen and oxygen atoms in total. The summed E-state index contributed by atoms with van der Waals surface area (Å²) >= 11 is 0. The minimum Gasteiger partial charge on any atom is -0.464 e. The Balaban J connectivity index is 2.16. The molecule has 1 aromatic rings. The Bertz CT molecular complexity index is 335. The highest BCUT2D eigenvalue weighted by Crippen LogP contribution is 1.98. The fourth-order valence-corrected chi connectivity index (χ4v) is 1.21. The van der Waals surface area contributed by atoms with Crippen molar-refractivity contribution in [2.45, 2.75) is 13.0 Å². The Morgan fingerprint density at radius 3 is 2.94 bits per heavy atom. The predicted molar refractivity (Wildman–Crippen MR) is 60.8 cm³/mol. The molecule has 6 heteroatoms. The maximum atomic E-state index is 11.3. The molecule has 0 aliphatic heterocycles. The third kappa shape index (κ3) is 4.79. The number of esters is 1. The molecule has 2 N–H and O–H groups in total. The third-order valence-corrected chi connectivity index (χ3v) is 1.96. The summed E-state index contributed by atoms with van der Waals surface area (Å²) in [4.78, 5) is 13.4. The highest BCUT2D eigenvalue weighted by molar-refractivity contribution is 5.69.